The van der Waals surface area contributed by atoms with Gasteiger partial charge >= 0.3 is 0 Å². The van der Waals surface area contributed by atoms with Gasteiger partial charge < -0.3 is 19.3 Å². The maximum absolute atomic E-state index is 6.30. The number of nitrogens with zero attached hydrogens (tertiary/aromatic N) is 5. The zero-order chi connectivity index (χ0) is 20.5. The van der Waals surface area contributed by atoms with Crippen LogP contribution in [0.3, 0.4) is 0 Å². The van der Waals surface area contributed by atoms with Gasteiger partial charge in [-0.05, 0) is 31.5 Å². The van der Waals surface area contributed by atoms with Gasteiger partial charge in [-0.3, -0.25) is 0 Å². The van der Waals surface area contributed by atoms with Gasteiger partial charge in [-0.25, -0.2) is 4.98 Å². The molecule has 0 atom stereocenters. The van der Waals surface area contributed by atoms with E-state index in [1.807, 2.05) is 25.1 Å². The molecule has 0 radical (unpaired) electrons. The molecule has 0 bridgehead atoms. The summed E-state index contributed by atoms with van der Waals surface area (Å²) in [5, 5.41) is 12.0. The van der Waals surface area contributed by atoms with Gasteiger partial charge in [0.05, 0.1) is 26.5 Å². The summed E-state index contributed by atoms with van der Waals surface area (Å²) in [7, 11) is 3.20. The highest BCUT2D eigenvalue weighted by molar-refractivity contribution is 6.29. The predicted octanol–water partition coefficient (Wildman–Crippen LogP) is 3.68. The number of halogens is 1. The summed E-state index contributed by atoms with van der Waals surface area (Å²) in [4.78, 5) is 8.68. The molecule has 0 fully saturated rings. The van der Waals surface area contributed by atoms with Crippen LogP contribution in [0.25, 0.3) is 16.8 Å². The number of anilines is 1. The average molecular weight is 415 g/mol. The Labute approximate surface area is 171 Å². The summed E-state index contributed by atoms with van der Waals surface area (Å²) in [6, 6.07) is 7.36. The van der Waals surface area contributed by atoms with Crippen LogP contribution in [0, 0.1) is 13.8 Å². The van der Waals surface area contributed by atoms with Gasteiger partial charge in [0.15, 0.2) is 23.0 Å². The van der Waals surface area contributed by atoms with Crippen LogP contribution in [0.5, 0.6) is 11.5 Å². The van der Waals surface area contributed by atoms with E-state index in [4.69, 9.17) is 25.6 Å². The van der Waals surface area contributed by atoms with Crippen molar-refractivity contribution in [3.8, 4) is 22.6 Å². The first-order chi connectivity index (χ1) is 14.0. The fourth-order valence-corrected chi connectivity index (χ4v) is 3.31. The second-order valence-corrected chi connectivity index (χ2v) is 6.71. The van der Waals surface area contributed by atoms with Gasteiger partial charge in [0.2, 0.25) is 5.89 Å². The van der Waals surface area contributed by atoms with E-state index in [-0.39, 0.29) is 0 Å². The van der Waals surface area contributed by atoms with Crippen LogP contribution in [0.2, 0.25) is 5.15 Å². The zero-order valence-electron chi connectivity index (χ0n) is 16.4. The summed E-state index contributed by atoms with van der Waals surface area (Å²) in [5.74, 6) is 2.97. The summed E-state index contributed by atoms with van der Waals surface area (Å²) < 4.78 is 17.6. The number of aromatic nitrogens is 5. The molecule has 29 heavy (non-hydrogen) atoms. The van der Waals surface area contributed by atoms with Gasteiger partial charge in [0.1, 0.15) is 11.0 Å². The van der Waals surface area contributed by atoms with Crippen LogP contribution in [0.15, 0.2) is 28.8 Å². The van der Waals surface area contributed by atoms with E-state index in [0.717, 1.165) is 16.8 Å². The van der Waals surface area contributed by atoms with E-state index >= 15 is 0 Å². The minimum atomic E-state index is 0.334. The molecule has 3 aromatic heterocycles. The molecule has 0 unspecified atom stereocenters. The summed E-state index contributed by atoms with van der Waals surface area (Å²) in [6.45, 7) is 4.02. The Hall–Kier alpha value is -3.33. The molecule has 0 saturated carbocycles. The van der Waals surface area contributed by atoms with Crippen LogP contribution in [-0.4, -0.2) is 39.0 Å². The molecule has 3 heterocycles. The number of hydrogen-bond acceptors (Lipinski definition) is 8. The third kappa shape index (κ3) is 3.56. The summed E-state index contributed by atoms with van der Waals surface area (Å²) in [6.07, 6.45) is 0. The summed E-state index contributed by atoms with van der Waals surface area (Å²) in [5.41, 5.74) is 3.16. The van der Waals surface area contributed by atoms with Crippen molar-refractivity contribution in [2.45, 2.75) is 20.4 Å². The third-order valence-corrected chi connectivity index (χ3v) is 4.59. The van der Waals surface area contributed by atoms with Gasteiger partial charge in [-0.2, -0.15) is 14.6 Å². The molecule has 10 heteroatoms. The molecule has 4 aromatic rings. The Morgan fingerprint density at radius 3 is 2.59 bits per heavy atom. The quantitative estimate of drug-likeness (QED) is 0.477. The molecule has 1 aromatic carbocycles. The maximum Gasteiger partial charge on any atom is 0.245 e. The topological polar surface area (TPSA) is 99.6 Å². The van der Waals surface area contributed by atoms with E-state index in [2.05, 4.69) is 25.5 Å². The predicted molar refractivity (Wildman–Crippen MR) is 108 cm³/mol. The second-order valence-electron chi connectivity index (χ2n) is 6.32. The highest BCUT2D eigenvalue weighted by atomic mass is 35.5. The molecular formula is C19H19ClN6O3. The summed E-state index contributed by atoms with van der Waals surface area (Å²) >= 11 is 6.30. The second kappa shape index (κ2) is 7.59. The highest BCUT2D eigenvalue weighted by Gasteiger charge is 2.18. The first kappa shape index (κ1) is 19.0. The number of hydrogen-bond donors (Lipinski definition) is 1. The molecule has 0 aliphatic carbocycles. The Balaban J connectivity index is 1.78. The lowest BCUT2D eigenvalue weighted by Crippen LogP contribution is -2.06. The average Bonchev–Trinajstić information content (AvgIpc) is 3.27. The Morgan fingerprint density at radius 1 is 1.10 bits per heavy atom. The Kier molecular flexibility index (Phi) is 4.98. The van der Waals surface area contributed by atoms with Crippen LogP contribution in [0.1, 0.15) is 17.4 Å². The van der Waals surface area contributed by atoms with E-state index in [9.17, 15) is 0 Å². The standard InChI is InChI=1S/C19H19ClN6O3/c1-10-18(12-5-6-13(27-3)14(7-12)28-4)19-23-15(20)8-16(26(19)24-10)21-9-17-22-11(2)25-29-17/h5-8,21H,9H2,1-4H3. The molecule has 0 amide bonds. The first-order valence-electron chi connectivity index (χ1n) is 8.81. The number of fused-ring (bicyclic) bond motifs is 1. The number of aryl methyl sites for hydroxylation is 2. The molecule has 0 saturated heterocycles. The van der Waals surface area contributed by atoms with Crippen LogP contribution in [-0.2, 0) is 6.54 Å². The first-order valence-corrected chi connectivity index (χ1v) is 9.19. The Bertz CT molecular complexity index is 1190. The molecular weight excluding hydrogens is 396 g/mol. The van der Waals surface area contributed by atoms with Crippen molar-refractivity contribution in [3.05, 3.63) is 46.8 Å². The molecule has 1 N–H and O–H groups in total. The van der Waals surface area contributed by atoms with Crippen molar-refractivity contribution in [1.29, 1.82) is 0 Å². The molecule has 4 rings (SSSR count). The van der Waals surface area contributed by atoms with Crippen LogP contribution >= 0.6 is 11.6 Å². The van der Waals surface area contributed by atoms with Gasteiger partial charge in [0, 0.05) is 11.6 Å². The fraction of sp³-hybridized carbons (Fsp3) is 0.263. The number of nitrogens with one attached hydrogen (secondary N) is 1. The van der Waals surface area contributed by atoms with Crippen molar-refractivity contribution in [1.82, 2.24) is 24.7 Å². The number of benzene rings is 1. The normalized spacial score (nSPS) is 11.1. The molecule has 0 spiro atoms. The van der Waals surface area contributed by atoms with Crippen molar-refractivity contribution in [3.63, 3.8) is 0 Å². The highest BCUT2D eigenvalue weighted by Crippen LogP contribution is 2.36. The van der Waals surface area contributed by atoms with Gasteiger partial charge in [-0.1, -0.05) is 22.8 Å². The van der Waals surface area contributed by atoms with E-state index in [1.54, 1.807) is 31.7 Å². The Morgan fingerprint density at radius 2 is 1.90 bits per heavy atom. The van der Waals surface area contributed by atoms with Crippen molar-refractivity contribution < 1.29 is 14.0 Å². The van der Waals surface area contributed by atoms with Crippen molar-refractivity contribution >= 4 is 23.1 Å². The SMILES string of the molecule is COc1ccc(-c2c(C)nn3c(NCc4nc(C)no4)cc(Cl)nc23)cc1OC. The van der Waals surface area contributed by atoms with Crippen LogP contribution < -0.4 is 14.8 Å². The van der Waals surface area contributed by atoms with E-state index in [0.29, 0.717) is 46.4 Å². The monoisotopic (exact) mass is 414 g/mol. The maximum atomic E-state index is 6.30. The molecule has 150 valence electrons. The molecule has 0 aliphatic rings. The van der Waals surface area contributed by atoms with Gasteiger partial charge in [0.25, 0.3) is 0 Å². The van der Waals surface area contributed by atoms with Crippen LogP contribution in [0.4, 0.5) is 5.82 Å². The van der Waals surface area contributed by atoms with Gasteiger partial charge in [-0.15, -0.1) is 0 Å². The minimum absolute atomic E-state index is 0.334. The third-order valence-electron chi connectivity index (χ3n) is 4.40. The molecule has 9 nitrogen and oxygen atoms in total. The zero-order valence-corrected chi connectivity index (χ0v) is 17.1. The lowest BCUT2D eigenvalue weighted by molar-refractivity contribution is 0.355. The molecule has 0 aliphatic heterocycles. The number of rotatable bonds is 6. The lowest BCUT2D eigenvalue weighted by Gasteiger charge is -2.10. The van der Waals surface area contributed by atoms with E-state index < -0.39 is 0 Å². The van der Waals surface area contributed by atoms with E-state index in [1.165, 1.54) is 0 Å². The van der Waals surface area contributed by atoms with Crippen molar-refractivity contribution in [2.24, 2.45) is 0 Å². The lowest BCUT2D eigenvalue weighted by atomic mass is 10.1. The minimum Gasteiger partial charge on any atom is -0.493 e. The van der Waals surface area contributed by atoms with Crippen molar-refractivity contribution in [2.75, 3.05) is 19.5 Å². The largest absolute Gasteiger partial charge is 0.493 e. The smallest absolute Gasteiger partial charge is 0.245 e. The number of ether oxygens (including phenoxy) is 2. The number of methoxy groups -OCH3 is 2. The fourth-order valence-electron chi connectivity index (χ4n) is 3.13.